The molecule has 1 aliphatic heterocycles. The Kier molecular flexibility index (Phi) is 8.17. The largest absolute Gasteiger partial charge is 0.376 e. The molecule has 1 atom stereocenters. The van der Waals surface area contributed by atoms with Crippen LogP contribution in [-0.2, 0) is 16.1 Å². The van der Waals surface area contributed by atoms with Gasteiger partial charge in [0.05, 0.1) is 12.3 Å². The standard InChI is InChI=1S/C16H29N7O2/c1-22(2)15(24)13-19-16(18-12-14-6-3-4-11-25-14)17-7-5-9-23-10-8-20-21-23/h8,10,14H,3-7,9,11-13H2,1-2H3,(H2,17,18,19). The van der Waals surface area contributed by atoms with Gasteiger partial charge in [-0.25, -0.2) is 4.99 Å². The Hall–Kier alpha value is -2.16. The second-order valence-electron chi connectivity index (χ2n) is 6.27. The first-order valence-electron chi connectivity index (χ1n) is 8.83. The maximum absolute atomic E-state index is 11.8. The normalized spacial score (nSPS) is 18.0. The molecule has 1 amide bonds. The molecule has 0 spiro atoms. The molecule has 25 heavy (non-hydrogen) atoms. The Balaban J connectivity index is 1.77. The van der Waals surface area contributed by atoms with Crippen molar-refractivity contribution in [2.75, 3.05) is 40.3 Å². The number of hydrogen-bond acceptors (Lipinski definition) is 5. The van der Waals surface area contributed by atoms with E-state index in [1.54, 1.807) is 25.0 Å². The highest BCUT2D eigenvalue weighted by molar-refractivity contribution is 5.84. The maximum atomic E-state index is 11.8. The summed E-state index contributed by atoms with van der Waals surface area (Å²) in [5, 5.41) is 14.3. The number of carbonyl (C=O) groups excluding carboxylic acids is 1. The number of guanidine groups is 1. The lowest BCUT2D eigenvalue weighted by molar-refractivity contribution is -0.127. The zero-order chi connectivity index (χ0) is 17.9. The van der Waals surface area contributed by atoms with Crippen LogP contribution >= 0.6 is 0 Å². The van der Waals surface area contributed by atoms with Crippen molar-refractivity contribution >= 4 is 11.9 Å². The third kappa shape index (κ3) is 7.51. The summed E-state index contributed by atoms with van der Waals surface area (Å²) in [5.74, 6) is 0.612. The van der Waals surface area contributed by atoms with Gasteiger partial charge in [-0.3, -0.25) is 9.48 Å². The number of likely N-dealkylation sites (N-methyl/N-ethyl adjacent to an activating group) is 1. The van der Waals surface area contributed by atoms with E-state index in [1.807, 2.05) is 6.20 Å². The number of amides is 1. The van der Waals surface area contributed by atoms with E-state index in [2.05, 4.69) is 25.9 Å². The van der Waals surface area contributed by atoms with E-state index in [4.69, 9.17) is 4.74 Å². The minimum absolute atomic E-state index is 0.0300. The van der Waals surface area contributed by atoms with Crippen LogP contribution in [0.1, 0.15) is 25.7 Å². The van der Waals surface area contributed by atoms with Crippen molar-refractivity contribution in [1.29, 1.82) is 0 Å². The Morgan fingerprint density at radius 3 is 2.96 bits per heavy atom. The molecule has 0 bridgehead atoms. The Morgan fingerprint density at radius 1 is 1.40 bits per heavy atom. The number of ether oxygens (including phenoxy) is 1. The van der Waals surface area contributed by atoms with Crippen molar-refractivity contribution in [2.45, 2.75) is 38.3 Å². The summed E-state index contributed by atoms with van der Waals surface area (Å²) in [4.78, 5) is 17.7. The van der Waals surface area contributed by atoms with Gasteiger partial charge in [0.1, 0.15) is 6.54 Å². The predicted molar refractivity (Wildman–Crippen MR) is 95.2 cm³/mol. The first-order chi connectivity index (χ1) is 12.1. The zero-order valence-electron chi connectivity index (χ0n) is 15.1. The van der Waals surface area contributed by atoms with Crippen LogP contribution in [0.15, 0.2) is 17.4 Å². The second-order valence-corrected chi connectivity index (χ2v) is 6.27. The van der Waals surface area contributed by atoms with Gasteiger partial charge in [0.25, 0.3) is 0 Å². The predicted octanol–water partition coefficient (Wildman–Crippen LogP) is -0.139. The van der Waals surface area contributed by atoms with Gasteiger partial charge in [-0.2, -0.15) is 0 Å². The average Bonchev–Trinajstić information content (AvgIpc) is 3.14. The molecule has 0 aromatic carbocycles. The van der Waals surface area contributed by atoms with Gasteiger partial charge < -0.3 is 20.3 Å². The average molecular weight is 351 g/mol. The number of hydrogen-bond donors (Lipinski definition) is 2. The quantitative estimate of drug-likeness (QED) is 0.384. The molecule has 1 aromatic rings. The molecule has 2 heterocycles. The summed E-state index contributed by atoms with van der Waals surface area (Å²) >= 11 is 0. The minimum atomic E-state index is -0.0300. The van der Waals surface area contributed by atoms with E-state index >= 15 is 0 Å². The van der Waals surface area contributed by atoms with E-state index in [1.165, 1.54) is 11.3 Å². The van der Waals surface area contributed by atoms with Crippen LogP contribution in [0.4, 0.5) is 0 Å². The lowest BCUT2D eigenvalue weighted by atomic mass is 10.1. The van der Waals surface area contributed by atoms with Gasteiger partial charge >= 0.3 is 0 Å². The molecule has 1 fully saturated rings. The summed E-state index contributed by atoms with van der Waals surface area (Å²) in [6, 6.07) is 0. The number of rotatable bonds is 8. The molecule has 140 valence electrons. The Morgan fingerprint density at radius 2 is 2.28 bits per heavy atom. The van der Waals surface area contributed by atoms with Gasteiger partial charge in [0.15, 0.2) is 5.96 Å². The van der Waals surface area contributed by atoms with Crippen LogP contribution in [0, 0.1) is 0 Å². The van der Waals surface area contributed by atoms with Gasteiger partial charge in [-0.15, -0.1) is 5.10 Å². The van der Waals surface area contributed by atoms with Crippen molar-refractivity contribution in [3.63, 3.8) is 0 Å². The SMILES string of the molecule is CN(C)C(=O)CN=C(NCCCn1ccnn1)NCC1CCCCO1. The van der Waals surface area contributed by atoms with Crippen molar-refractivity contribution in [2.24, 2.45) is 4.99 Å². The topological polar surface area (TPSA) is 96.7 Å². The van der Waals surface area contributed by atoms with E-state index in [0.717, 1.165) is 39.0 Å². The molecule has 0 saturated carbocycles. The van der Waals surface area contributed by atoms with Crippen LogP contribution < -0.4 is 10.6 Å². The lowest BCUT2D eigenvalue weighted by Gasteiger charge is -2.24. The third-order valence-electron chi connectivity index (χ3n) is 3.97. The van der Waals surface area contributed by atoms with E-state index in [9.17, 15) is 4.79 Å². The molecule has 1 saturated heterocycles. The fraction of sp³-hybridized carbons (Fsp3) is 0.750. The third-order valence-corrected chi connectivity index (χ3v) is 3.97. The zero-order valence-corrected chi connectivity index (χ0v) is 15.1. The van der Waals surface area contributed by atoms with E-state index in [0.29, 0.717) is 12.5 Å². The minimum Gasteiger partial charge on any atom is -0.376 e. The van der Waals surface area contributed by atoms with Gasteiger partial charge in [-0.1, -0.05) is 5.21 Å². The van der Waals surface area contributed by atoms with Crippen molar-refractivity contribution in [1.82, 2.24) is 30.5 Å². The molecule has 9 heteroatoms. The first-order valence-corrected chi connectivity index (χ1v) is 8.83. The molecule has 1 aromatic heterocycles. The first kappa shape index (κ1) is 19.2. The van der Waals surface area contributed by atoms with E-state index in [-0.39, 0.29) is 18.6 Å². The van der Waals surface area contributed by atoms with Gasteiger partial charge in [-0.05, 0) is 25.7 Å². The van der Waals surface area contributed by atoms with Gasteiger partial charge in [0, 0.05) is 46.5 Å². The molecular weight excluding hydrogens is 322 g/mol. The Bertz CT molecular complexity index is 525. The fourth-order valence-electron chi connectivity index (χ4n) is 2.44. The summed E-state index contributed by atoms with van der Waals surface area (Å²) in [6.07, 6.45) is 7.98. The van der Waals surface area contributed by atoms with Crippen LogP contribution in [0.25, 0.3) is 0 Å². The maximum Gasteiger partial charge on any atom is 0.243 e. The highest BCUT2D eigenvalue weighted by Gasteiger charge is 2.14. The Labute approximate surface area is 148 Å². The number of aliphatic imine (C=N–C) groups is 1. The number of carbonyl (C=O) groups is 1. The van der Waals surface area contributed by atoms with Crippen molar-refractivity contribution in [3.8, 4) is 0 Å². The number of aryl methyl sites for hydroxylation is 1. The van der Waals surface area contributed by atoms with Crippen LogP contribution in [0.3, 0.4) is 0 Å². The molecule has 0 radical (unpaired) electrons. The van der Waals surface area contributed by atoms with E-state index < -0.39 is 0 Å². The number of nitrogens with one attached hydrogen (secondary N) is 2. The molecular formula is C16H29N7O2. The van der Waals surface area contributed by atoms with Crippen LogP contribution in [0.2, 0.25) is 0 Å². The van der Waals surface area contributed by atoms with Crippen LogP contribution in [0.5, 0.6) is 0 Å². The van der Waals surface area contributed by atoms with Crippen molar-refractivity contribution in [3.05, 3.63) is 12.4 Å². The molecule has 1 unspecified atom stereocenters. The lowest BCUT2D eigenvalue weighted by Crippen LogP contribution is -2.43. The molecule has 2 N–H and O–H groups in total. The molecule has 9 nitrogen and oxygen atoms in total. The fourth-order valence-corrected chi connectivity index (χ4v) is 2.44. The van der Waals surface area contributed by atoms with Crippen molar-refractivity contribution < 1.29 is 9.53 Å². The highest BCUT2D eigenvalue weighted by Crippen LogP contribution is 2.11. The monoisotopic (exact) mass is 351 g/mol. The van der Waals surface area contributed by atoms with Crippen LogP contribution in [-0.4, -0.2) is 78.2 Å². The molecule has 0 aliphatic carbocycles. The summed E-state index contributed by atoms with van der Waals surface area (Å²) in [5.41, 5.74) is 0. The summed E-state index contributed by atoms with van der Waals surface area (Å²) in [6.45, 7) is 3.15. The highest BCUT2D eigenvalue weighted by atomic mass is 16.5. The smallest absolute Gasteiger partial charge is 0.243 e. The second kappa shape index (κ2) is 10.7. The molecule has 2 rings (SSSR count). The number of aromatic nitrogens is 3. The molecule has 1 aliphatic rings. The van der Waals surface area contributed by atoms with Gasteiger partial charge in [0.2, 0.25) is 5.91 Å². The summed E-state index contributed by atoms with van der Waals surface area (Å²) in [7, 11) is 3.46. The number of nitrogens with zero attached hydrogens (tertiary/aromatic N) is 5. The summed E-state index contributed by atoms with van der Waals surface area (Å²) < 4.78 is 7.52.